The maximum Gasteiger partial charge on any atom is 0.220 e. The minimum Gasteiger partial charge on any atom is -0.354 e. The van der Waals surface area contributed by atoms with Crippen LogP contribution >= 0.6 is 0 Å². The average molecular weight is 248 g/mol. The molecule has 1 rings (SSSR count). The molecule has 18 heavy (non-hydrogen) atoms. The van der Waals surface area contributed by atoms with Crippen LogP contribution in [0.4, 0.5) is 0 Å². The number of carbonyl (C=O) groups excluding carboxylic acids is 1. The zero-order valence-corrected chi connectivity index (χ0v) is 11.8. The quantitative estimate of drug-likeness (QED) is 0.838. The van der Waals surface area contributed by atoms with Crippen molar-refractivity contribution in [1.82, 2.24) is 5.32 Å². The fraction of sp³-hybridized carbons (Fsp3) is 0.533. The van der Waals surface area contributed by atoms with Crippen LogP contribution in [0, 0.1) is 13.8 Å². The van der Waals surface area contributed by atoms with Gasteiger partial charge in [-0.25, -0.2) is 0 Å². The van der Waals surface area contributed by atoms with E-state index in [9.17, 15) is 4.79 Å². The maximum absolute atomic E-state index is 11.7. The Morgan fingerprint density at radius 3 is 2.56 bits per heavy atom. The van der Waals surface area contributed by atoms with Crippen molar-refractivity contribution in [3.05, 3.63) is 34.9 Å². The van der Waals surface area contributed by atoms with E-state index in [2.05, 4.69) is 37.4 Å². The Morgan fingerprint density at radius 2 is 2.00 bits per heavy atom. The van der Waals surface area contributed by atoms with Crippen LogP contribution in [0.15, 0.2) is 18.2 Å². The summed E-state index contributed by atoms with van der Waals surface area (Å²) in [5.41, 5.74) is 9.21. The van der Waals surface area contributed by atoms with E-state index in [4.69, 9.17) is 5.73 Å². The van der Waals surface area contributed by atoms with Crippen molar-refractivity contribution in [2.45, 2.75) is 46.1 Å². The van der Waals surface area contributed by atoms with Crippen molar-refractivity contribution >= 4 is 5.91 Å². The van der Waals surface area contributed by atoms with E-state index < -0.39 is 0 Å². The van der Waals surface area contributed by atoms with Gasteiger partial charge in [-0.05, 0) is 45.2 Å². The first-order chi connectivity index (χ1) is 8.28. The van der Waals surface area contributed by atoms with Crippen LogP contribution in [0.25, 0.3) is 0 Å². The largest absolute Gasteiger partial charge is 0.354 e. The number of benzene rings is 1. The molecular weight excluding hydrogens is 224 g/mol. The normalized spacial score (nSPS) is 11.4. The third-order valence-corrected chi connectivity index (χ3v) is 2.86. The molecule has 1 aromatic rings. The summed E-state index contributed by atoms with van der Waals surface area (Å²) >= 11 is 0. The summed E-state index contributed by atoms with van der Waals surface area (Å²) in [4.78, 5) is 11.7. The second-order valence-corrected chi connectivity index (χ2v) is 5.70. The van der Waals surface area contributed by atoms with Crippen molar-refractivity contribution in [1.29, 1.82) is 0 Å². The molecule has 0 aliphatic heterocycles. The van der Waals surface area contributed by atoms with Crippen molar-refractivity contribution in [3.63, 3.8) is 0 Å². The fourth-order valence-electron chi connectivity index (χ4n) is 1.79. The number of aryl methyl sites for hydroxylation is 3. The monoisotopic (exact) mass is 248 g/mol. The first-order valence-corrected chi connectivity index (χ1v) is 6.40. The number of hydrogen-bond acceptors (Lipinski definition) is 2. The molecule has 1 aromatic carbocycles. The van der Waals surface area contributed by atoms with Gasteiger partial charge in [0.15, 0.2) is 0 Å². The molecule has 0 spiro atoms. The van der Waals surface area contributed by atoms with Crippen LogP contribution in [0.2, 0.25) is 0 Å². The predicted octanol–water partition coefficient (Wildman–Crippen LogP) is 2.09. The number of amides is 1. The molecule has 0 unspecified atom stereocenters. The summed E-state index contributed by atoms with van der Waals surface area (Å²) in [6.07, 6.45) is 1.29. The molecule has 100 valence electrons. The summed E-state index contributed by atoms with van der Waals surface area (Å²) < 4.78 is 0. The summed E-state index contributed by atoms with van der Waals surface area (Å²) in [5, 5.41) is 2.86. The molecule has 1 amide bonds. The highest BCUT2D eigenvalue weighted by Gasteiger charge is 2.12. The van der Waals surface area contributed by atoms with Crippen LogP contribution in [0.5, 0.6) is 0 Å². The minimum atomic E-state index is -0.352. The van der Waals surface area contributed by atoms with Crippen molar-refractivity contribution < 1.29 is 4.79 Å². The Hall–Kier alpha value is -1.35. The summed E-state index contributed by atoms with van der Waals surface area (Å²) in [6.45, 7) is 8.48. The lowest BCUT2D eigenvalue weighted by Crippen LogP contribution is -2.45. The Morgan fingerprint density at radius 1 is 1.33 bits per heavy atom. The Bertz CT molecular complexity index is 419. The molecule has 3 N–H and O–H groups in total. The molecule has 0 heterocycles. The van der Waals surface area contributed by atoms with Gasteiger partial charge in [0.05, 0.1) is 0 Å². The molecule has 3 heteroatoms. The van der Waals surface area contributed by atoms with Crippen LogP contribution < -0.4 is 11.1 Å². The highest BCUT2D eigenvalue weighted by molar-refractivity contribution is 5.76. The molecule has 0 bridgehead atoms. The lowest BCUT2D eigenvalue weighted by atomic mass is 10.0. The van der Waals surface area contributed by atoms with Crippen molar-refractivity contribution in [3.8, 4) is 0 Å². The van der Waals surface area contributed by atoms with Gasteiger partial charge in [0, 0.05) is 18.5 Å². The second-order valence-electron chi connectivity index (χ2n) is 5.70. The molecule has 0 aromatic heterocycles. The van der Waals surface area contributed by atoms with Gasteiger partial charge in [0.2, 0.25) is 5.91 Å². The predicted molar refractivity (Wildman–Crippen MR) is 75.5 cm³/mol. The maximum atomic E-state index is 11.7. The standard InChI is InChI=1S/C15H24N2O/c1-11-5-6-13(12(2)9-11)7-8-14(18)17-10-15(3,4)16/h5-6,9H,7-8,10,16H2,1-4H3,(H,17,18). The number of nitrogens with two attached hydrogens (primary N) is 1. The lowest BCUT2D eigenvalue weighted by molar-refractivity contribution is -0.121. The number of nitrogens with one attached hydrogen (secondary N) is 1. The molecular formula is C15H24N2O. The summed E-state index contributed by atoms with van der Waals surface area (Å²) in [5.74, 6) is 0.0634. The van der Waals surface area contributed by atoms with Crippen LogP contribution in [0.1, 0.15) is 37.0 Å². The van der Waals surface area contributed by atoms with E-state index >= 15 is 0 Å². The van der Waals surface area contributed by atoms with E-state index in [-0.39, 0.29) is 11.4 Å². The van der Waals surface area contributed by atoms with E-state index in [1.165, 1.54) is 16.7 Å². The number of rotatable bonds is 5. The van der Waals surface area contributed by atoms with Gasteiger partial charge >= 0.3 is 0 Å². The Balaban J connectivity index is 2.43. The Labute approximate surface area is 110 Å². The van der Waals surface area contributed by atoms with Crippen molar-refractivity contribution in [2.24, 2.45) is 5.73 Å². The topological polar surface area (TPSA) is 55.1 Å². The van der Waals surface area contributed by atoms with Crippen LogP contribution in [0.3, 0.4) is 0 Å². The van der Waals surface area contributed by atoms with Gasteiger partial charge < -0.3 is 11.1 Å². The molecule has 3 nitrogen and oxygen atoms in total. The molecule has 0 saturated carbocycles. The third kappa shape index (κ3) is 5.32. The minimum absolute atomic E-state index is 0.0634. The molecule has 0 radical (unpaired) electrons. The van der Waals surface area contributed by atoms with E-state index in [1.54, 1.807) is 0 Å². The SMILES string of the molecule is Cc1ccc(CCC(=O)NCC(C)(C)N)c(C)c1. The second kappa shape index (κ2) is 6.01. The van der Waals surface area contributed by atoms with Crippen molar-refractivity contribution in [2.75, 3.05) is 6.54 Å². The highest BCUT2D eigenvalue weighted by atomic mass is 16.1. The summed E-state index contributed by atoms with van der Waals surface area (Å²) in [7, 11) is 0. The van der Waals surface area contributed by atoms with Gasteiger partial charge in [-0.3, -0.25) is 4.79 Å². The fourth-order valence-corrected chi connectivity index (χ4v) is 1.79. The molecule has 0 atom stereocenters. The van der Waals surface area contributed by atoms with E-state index in [0.717, 1.165) is 6.42 Å². The zero-order chi connectivity index (χ0) is 13.8. The molecule has 0 aliphatic rings. The van der Waals surface area contributed by atoms with Crippen LogP contribution in [-0.2, 0) is 11.2 Å². The van der Waals surface area contributed by atoms with Gasteiger partial charge in [0.25, 0.3) is 0 Å². The highest BCUT2D eigenvalue weighted by Crippen LogP contribution is 2.12. The van der Waals surface area contributed by atoms with Crippen LogP contribution in [-0.4, -0.2) is 18.0 Å². The summed E-state index contributed by atoms with van der Waals surface area (Å²) in [6, 6.07) is 6.34. The number of hydrogen-bond donors (Lipinski definition) is 2. The average Bonchev–Trinajstić information content (AvgIpc) is 2.24. The van der Waals surface area contributed by atoms with Gasteiger partial charge in [0.1, 0.15) is 0 Å². The Kier molecular flexibility index (Phi) is 4.91. The third-order valence-electron chi connectivity index (χ3n) is 2.86. The zero-order valence-electron chi connectivity index (χ0n) is 11.8. The van der Waals surface area contributed by atoms with E-state index in [0.29, 0.717) is 13.0 Å². The van der Waals surface area contributed by atoms with Gasteiger partial charge in [-0.15, -0.1) is 0 Å². The lowest BCUT2D eigenvalue weighted by Gasteiger charge is -2.18. The smallest absolute Gasteiger partial charge is 0.220 e. The molecule has 0 fully saturated rings. The molecule has 0 aliphatic carbocycles. The number of carbonyl (C=O) groups is 1. The van der Waals surface area contributed by atoms with E-state index in [1.807, 2.05) is 13.8 Å². The van der Waals surface area contributed by atoms with Gasteiger partial charge in [-0.1, -0.05) is 23.8 Å². The first kappa shape index (κ1) is 14.7. The molecule has 0 saturated heterocycles. The first-order valence-electron chi connectivity index (χ1n) is 6.40. The van der Waals surface area contributed by atoms with Gasteiger partial charge in [-0.2, -0.15) is 0 Å².